The monoisotopic (exact) mass is 391 g/mol. The molecule has 1 heterocycles. The number of rotatable bonds is 6. The van der Waals surface area contributed by atoms with Crippen molar-refractivity contribution < 1.29 is 23.1 Å². The molecule has 0 aliphatic heterocycles. The van der Waals surface area contributed by atoms with Crippen molar-refractivity contribution >= 4 is 39.2 Å². The average molecular weight is 391 g/mol. The molecule has 1 aromatic heterocycles. The van der Waals surface area contributed by atoms with E-state index in [9.17, 15) is 18.0 Å². The summed E-state index contributed by atoms with van der Waals surface area (Å²) >= 11 is 1.44. The number of hydrogen-bond donors (Lipinski definition) is 1. The molecule has 0 unspecified atom stereocenters. The van der Waals surface area contributed by atoms with Crippen molar-refractivity contribution in [3.05, 3.63) is 64.7 Å². The van der Waals surface area contributed by atoms with E-state index in [1.807, 2.05) is 24.3 Å². The third-order valence-electron chi connectivity index (χ3n) is 3.96. The molecular weight excluding hydrogens is 375 g/mol. The quantitative estimate of drug-likeness (QED) is 0.551. The van der Waals surface area contributed by atoms with Crippen LogP contribution in [0.2, 0.25) is 0 Å². The Morgan fingerprint density at radius 1 is 1.11 bits per heavy atom. The second kappa shape index (κ2) is 7.92. The minimum Gasteiger partial charge on any atom is -0.481 e. The van der Waals surface area contributed by atoms with E-state index in [0.29, 0.717) is 23.4 Å². The first-order chi connectivity index (χ1) is 12.8. The number of benzene rings is 2. The number of para-hydroxylation sites is 1. The first kappa shape index (κ1) is 19.1. The Labute approximate surface area is 157 Å². The first-order valence-electron chi connectivity index (χ1n) is 8.28. The lowest BCUT2D eigenvalue weighted by molar-refractivity contribution is -0.138. The van der Waals surface area contributed by atoms with Gasteiger partial charge in [-0.3, -0.25) is 4.79 Å². The molecular formula is C20H16F3NO2S. The lowest BCUT2D eigenvalue weighted by atomic mass is 10.0. The number of carbonyl (C=O) groups is 1. The van der Waals surface area contributed by atoms with E-state index in [2.05, 4.69) is 4.98 Å². The zero-order valence-corrected chi connectivity index (χ0v) is 15.0. The minimum absolute atomic E-state index is 0.00910. The zero-order chi connectivity index (χ0) is 19.4. The highest BCUT2D eigenvalue weighted by atomic mass is 32.1. The molecule has 7 heteroatoms. The molecule has 0 saturated carbocycles. The van der Waals surface area contributed by atoms with Crippen molar-refractivity contribution in [2.24, 2.45) is 0 Å². The summed E-state index contributed by atoms with van der Waals surface area (Å²) in [5.41, 5.74) is 1.24. The molecule has 27 heavy (non-hydrogen) atoms. The molecule has 0 atom stereocenters. The Morgan fingerprint density at radius 2 is 1.89 bits per heavy atom. The summed E-state index contributed by atoms with van der Waals surface area (Å²) in [6, 6.07) is 12.6. The van der Waals surface area contributed by atoms with Crippen LogP contribution in [0.1, 0.15) is 35.4 Å². The molecule has 140 valence electrons. The lowest BCUT2D eigenvalue weighted by Gasteiger charge is -2.08. The number of nitrogens with zero attached hydrogens (tertiary/aromatic N) is 1. The Kier molecular flexibility index (Phi) is 5.60. The number of alkyl halides is 3. The van der Waals surface area contributed by atoms with Crippen molar-refractivity contribution in [1.82, 2.24) is 4.98 Å². The van der Waals surface area contributed by atoms with Crippen LogP contribution in [0.25, 0.3) is 21.9 Å². The van der Waals surface area contributed by atoms with E-state index >= 15 is 0 Å². The molecule has 0 saturated heterocycles. The molecule has 3 nitrogen and oxygen atoms in total. The predicted octanol–water partition coefficient (Wildman–Crippen LogP) is 6.11. The van der Waals surface area contributed by atoms with Crippen LogP contribution in [0.3, 0.4) is 0 Å². The van der Waals surface area contributed by atoms with Gasteiger partial charge in [-0.25, -0.2) is 4.98 Å². The summed E-state index contributed by atoms with van der Waals surface area (Å²) in [5.74, 6) is -0.905. The highest BCUT2D eigenvalue weighted by Crippen LogP contribution is 2.33. The maximum Gasteiger partial charge on any atom is 0.416 e. The summed E-state index contributed by atoms with van der Waals surface area (Å²) in [5, 5.41) is 9.56. The fourth-order valence-corrected chi connectivity index (χ4v) is 3.70. The fourth-order valence-electron chi connectivity index (χ4n) is 2.69. The van der Waals surface area contributed by atoms with E-state index in [4.69, 9.17) is 5.11 Å². The molecule has 0 bridgehead atoms. The summed E-state index contributed by atoms with van der Waals surface area (Å²) < 4.78 is 39.9. The van der Waals surface area contributed by atoms with Crippen LogP contribution >= 0.6 is 11.3 Å². The van der Waals surface area contributed by atoms with Gasteiger partial charge < -0.3 is 5.11 Å². The molecule has 1 N–H and O–H groups in total. The van der Waals surface area contributed by atoms with Gasteiger partial charge in [-0.1, -0.05) is 24.3 Å². The number of carboxylic acid groups (broad SMARTS) is 1. The number of carboxylic acids is 1. The normalized spacial score (nSPS) is 12.5. The summed E-state index contributed by atoms with van der Waals surface area (Å²) in [4.78, 5) is 15.4. The van der Waals surface area contributed by atoms with Gasteiger partial charge in [0, 0.05) is 6.42 Å². The van der Waals surface area contributed by atoms with Gasteiger partial charge in [-0.2, -0.15) is 13.2 Å². The van der Waals surface area contributed by atoms with Gasteiger partial charge in [0.1, 0.15) is 5.01 Å². The molecule has 0 radical (unpaired) electrons. The molecule has 0 spiro atoms. The topological polar surface area (TPSA) is 50.2 Å². The predicted molar refractivity (Wildman–Crippen MR) is 100 cm³/mol. The highest BCUT2D eigenvalue weighted by molar-refractivity contribution is 7.19. The largest absolute Gasteiger partial charge is 0.481 e. The van der Waals surface area contributed by atoms with Crippen LogP contribution in [0.4, 0.5) is 13.2 Å². The molecule has 0 amide bonds. The van der Waals surface area contributed by atoms with Crippen LogP contribution < -0.4 is 0 Å². The first-order valence-corrected chi connectivity index (χ1v) is 9.10. The maximum atomic E-state index is 13.0. The number of fused-ring (bicyclic) bond motifs is 1. The number of halogens is 3. The van der Waals surface area contributed by atoms with E-state index in [0.717, 1.165) is 27.9 Å². The van der Waals surface area contributed by atoms with Gasteiger partial charge in [0.15, 0.2) is 0 Å². The van der Waals surface area contributed by atoms with Crippen molar-refractivity contribution in [1.29, 1.82) is 0 Å². The Balaban J connectivity index is 1.98. The molecule has 2 aromatic carbocycles. The van der Waals surface area contributed by atoms with E-state index < -0.39 is 17.7 Å². The van der Waals surface area contributed by atoms with Crippen LogP contribution in [0.5, 0.6) is 0 Å². The molecule has 3 aromatic rings. The van der Waals surface area contributed by atoms with Gasteiger partial charge >= 0.3 is 12.1 Å². The SMILES string of the molecule is O=C(O)CCC/C(=C\c1cccc(C(F)(F)F)c1)c1nc2ccccc2s1. The van der Waals surface area contributed by atoms with Crippen molar-refractivity contribution in [2.75, 3.05) is 0 Å². The third-order valence-corrected chi connectivity index (χ3v) is 5.07. The second-order valence-corrected chi connectivity index (χ2v) is 7.06. The average Bonchev–Trinajstić information content (AvgIpc) is 3.04. The molecule has 0 fully saturated rings. The number of aromatic nitrogens is 1. The van der Waals surface area contributed by atoms with Gasteiger partial charge in [-0.05, 0) is 54.3 Å². The summed E-state index contributed by atoms with van der Waals surface area (Å²) in [6.45, 7) is 0. The van der Waals surface area contributed by atoms with Crippen LogP contribution in [0.15, 0.2) is 48.5 Å². The molecule has 3 rings (SSSR count). The minimum atomic E-state index is -4.41. The van der Waals surface area contributed by atoms with Crippen LogP contribution in [-0.4, -0.2) is 16.1 Å². The van der Waals surface area contributed by atoms with Gasteiger partial charge in [-0.15, -0.1) is 11.3 Å². The maximum absolute atomic E-state index is 13.0. The third kappa shape index (κ3) is 4.95. The van der Waals surface area contributed by atoms with Gasteiger partial charge in [0.05, 0.1) is 15.8 Å². The summed E-state index contributed by atoms with van der Waals surface area (Å²) in [6.07, 6.45) is -1.96. The Hall–Kier alpha value is -2.67. The fraction of sp³-hybridized carbons (Fsp3) is 0.200. The Morgan fingerprint density at radius 3 is 2.59 bits per heavy atom. The van der Waals surface area contributed by atoms with E-state index in [1.165, 1.54) is 17.4 Å². The smallest absolute Gasteiger partial charge is 0.416 e. The van der Waals surface area contributed by atoms with Gasteiger partial charge in [0.2, 0.25) is 0 Å². The zero-order valence-electron chi connectivity index (χ0n) is 14.2. The number of thiazole rings is 1. The molecule has 0 aliphatic rings. The van der Waals surface area contributed by atoms with Crippen LogP contribution in [0, 0.1) is 0 Å². The van der Waals surface area contributed by atoms with E-state index in [1.54, 1.807) is 12.1 Å². The van der Waals surface area contributed by atoms with Gasteiger partial charge in [0.25, 0.3) is 0 Å². The van der Waals surface area contributed by atoms with E-state index in [-0.39, 0.29) is 6.42 Å². The van der Waals surface area contributed by atoms with Crippen molar-refractivity contribution in [3.63, 3.8) is 0 Å². The standard InChI is InChI=1S/C20H16F3NO2S/c21-20(22,23)15-7-3-5-13(12-15)11-14(6-4-10-18(25)26)19-24-16-8-1-2-9-17(16)27-19/h1-3,5,7-9,11-12H,4,6,10H2,(H,25,26)/b14-11+. The highest BCUT2D eigenvalue weighted by Gasteiger charge is 2.30. The van der Waals surface area contributed by atoms with Crippen molar-refractivity contribution in [3.8, 4) is 0 Å². The van der Waals surface area contributed by atoms with Crippen molar-refractivity contribution in [2.45, 2.75) is 25.4 Å². The lowest BCUT2D eigenvalue weighted by Crippen LogP contribution is -2.04. The number of allylic oxidation sites excluding steroid dienone is 1. The second-order valence-electron chi connectivity index (χ2n) is 6.03. The Bertz CT molecular complexity index is 959. The number of hydrogen-bond acceptors (Lipinski definition) is 3. The molecule has 0 aliphatic carbocycles. The summed E-state index contributed by atoms with van der Waals surface area (Å²) in [7, 11) is 0. The van der Waals surface area contributed by atoms with Crippen LogP contribution in [-0.2, 0) is 11.0 Å². The number of aliphatic carboxylic acids is 1.